The Kier molecular flexibility index (Phi) is 12.4. The number of benzene rings is 1. The minimum absolute atomic E-state index is 0. The molecular weight excluding hydrogens is 423 g/mol. The summed E-state index contributed by atoms with van der Waals surface area (Å²) in [4.78, 5) is 10.4. The summed E-state index contributed by atoms with van der Waals surface area (Å²) in [5.41, 5.74) is 8.74. The van der Waals surface area contributed by atoms with Gasteiger partial charge in [-0.25, -0.2) is 8.42 Å². The molecule has 0 aromatic heterocycles. The number of thiocarbonyl (C=S) groups is 1. The molecule has 0 unspecified atom stereocenters. The van der Waals surface area contributed by atoms with Gasteiger partial charge in [0.1, 0.15) is 0 Å². The fraction of sp³-hybridized carbons (Fsp3) is 0.333. The van der Waals surface area contributed by atoms with Crippen molar-refractivity contribution in [1.82, 2.24) is 10.0 Å². The van der Waals surface area contributed by atoms with E-state index in [1.165, 1.54) is 6.07 Å². The first-order chi connectivity index (χ1) is 10.5. The van der Waals surface area contributed by atoms with E-state index >= 15 is 0 Å². The van der Waals surface area contributed by atoms with Gasteiger partial charge in [-0.2, -0.15) is 24.3 Å². The van der Waals surface area contributed by atoms with Gasteiger partial charge in [-0.3, -0.25) is 4.72 Å². The number of aryl methyl sites for hydroxylation is 1. The zero-order chi connectivity index (χ0) is 18.2. The van der Waals surface area contributed by atoms with E-state index in [1.54, 1.807) is 33.0 Å². The summed E-state index contributed by atoms with van der Waals surface area (Å²) < 4.78 is 25.8. The van der Waals surface area contributed by atoms with Crippen LogP contribution in [0.1, 0.15) is 26.3 Å². The number of carbonyl (C=O) groups excluding carboxylic acids is 1. The van der Waals surface area contributed by atoms with Gasteiger partial charge >= 0.3 is 32.7 Å². The largest absolute Gasteiger partial charge is 3.00 e. The van der Waals surface area contributed by atoms with Crippen LogP contribution in [-0.2, 0) is 47.5 Å². The fourth-order valence-corrected chi connectivity index (χ4v) is 2.74. The summed E-state index contributed by atoms with van der Waals surface area (Å²) in [6.45, 7) is 7.01. The Morgan fingerprint density at radius 2 is 1.83 bits per heavy atom. The SMILES string of the molecule is CC(C)=C(C)C([NH-])=O.CNC(=S)NS(=O)(=O)c1c[c-]ccc1C.[Y+3]. The first-order valence-corrected chi connectivity index (χ1v) is 8.53. The normalized spacial score (nSPS) is 9.54. The summed E-state index contributed by atoms with van der Waals surface area (Å²) in [6.07, 6.45) is 0. The van der Waals surface area contributed by atoms with Gasteiger partial charge in [0.15, 0.2) is 5.11 Å². The van der Waals surface area contributed by atoms with Crippen LogP contribution in [0.5, 0.6) is 0 Å². The molecule has 6 nitrogen and oxygen atoms in total. The molecule has 0 spiro atoms. The van der Waals surface area contributed by atoms with Crippen molar-refractivity contribution >= 4 is 33.3 Å². The summed E-state index contributed by atoms with van der Waals surface area (Å²) in [6, 6.07) is 7.46. The Morgan fingerprint density at radius 3 is 2.17 bits per heavy atom. The first kappa shape index (κ1) is 25.4. The third kappa shape index (κ3) is 8.87. The molecule has 1 aromatic rings. The summed E-state index contributed by atoms with van der Waals surface area (Å²) in [5, 5.41) is 2.61. The molecule has 0 radical (unpaired) electrons. The number of allylic oxidation sites excluding steroid dienone is 1. The molecule has 0 heterocycles. The van der Waals surface area contributed by atoms with Crippen molar-refractivity contribution in [1.29, 1.82) is 0 Å². The Hall–Kier alpha value is -0.826. The molecule has 0 saturated carbocycles. The zero-order valence-electron chi connectivity index (χ0n) is 14.4. The van der Waals surface area contributed by atoms with Crippen LogP contribution < -0.4 is 10.0 Å². The van der Waals surface area contributed by atoms with E-state index in [4.69, 9.17) is 18.0 Å². The van der Waals surface area contributed by atoms with Gasteiger partial charge in [-0.05, 0) is 43.5 Å². The molecule has 9 heteroatoms. The van der Waals surface area contributed by atoms with Crippen LogP contribution in [-0.4, -0.2) is 26.5 Å². The van der Waals surface area contributed by atoms with E-state index < -0.39 is 15.9 Å². The van der Waals surface area contributed by atoms with E-state index in [1.807, 2.05) is 13.8 Å². The van der Waals surface area contributed by atoms with Crippen LogP contribution in [0.4, 0.5) is 0 Å². The van der Waals surface area contributed by atoms with Crippen LogP contribution in [0, 0.1) is 13.0 Å². The van der Waals surface area contributed by atoms with Crippen molar-refractivity contribution in [3.8, 4) is 0 Å². The number of hydrogen-bond acceptors (Lipinski definition) is 4. The topological polar surface area (TPSA) is 99.1 Å². The predicted octanol–water partition coefficient (Wildman–Crippen LogP) is 2.50. The molecule has 1 amide bonds. The molecule has 1 aromatic carbocycles. The summed E-state index contributed by atoms with van der Waals surface area (Å²) >= 11 is 4.74. The first-order valence-electron chi connectivity index (χ1n) is 6.64. The van der Waals surface area contributed by atoms with Crippen LogP contribution in [0.15, 0.2) is 34.2 Å². The average Bonchev–Trinajstić information content (AvgIpc) is 2.46. The Balaban J connectivity index is 0. The standard InChI is InChI=1S/C9H11N2O2S2.C6H11NO.Y/c1-7-5-3-4-6-8(7)15(12,13)11-9(14)10-2;1-4(2)5(3)6(7)8;/h3,5-6H,1-2H3,(H2,10,11,14);1-3H3,(H2,7,8);/q-1;;+3/p-1. The number of hydrogen-bond donors (Lipinski definition) is 2. The molecule has 0 aliphatic carbocycles. The van der Waals surface area contributed by atoms with Gasteiger partial charge in [0, 0.05) is 7.05 Å². The van der Waals surface area contributed by atoms with Gasteiger partial charge in [0.25, 0.3) is 0 Å². The number of amides is 1. The summed E-state index contributed by atoms with van der Waals surface area (Å²) in [7, 11) is -2.04. The molecule has 128 valence electrons. The Morgan fingerprint density at radius 1 is 1.29 bits per heavy atom. The molecule has 3 N–H and O–H groups in total. The van der Waals surface area contributed by atoms with Crippen LogP contribution in [0.3, 0.4) is 0 Å². The second-order valence-electron chi connectivity index (χ2n) is 4.83. The number of nitrogens with one attached hydrogen (secondary N) is 3. The quantitative estimate of drug-likeness (QED) is 0.424. The van der Waals surface area contributed by atoms with Crippen molar-refractivity contribution in [2.75, 3.05) is 7.05 Å². The molecule has 0 atom stereocenters. The van der Waals surface area contributed by atoms with Crippen LogP contribution >= 0.6 is 12.2 Å². The van der Waals surface area contributed by atoms with Crippen LogP contribution in [0.25, 0.3) is 5.73 Å². The fourth-order valence-electron chi connectivity index (χ4n) is 1.24. The minimum Gasteiger partial charge on any atom is -0.664 e. The smallest absolute Gasteiger partial charge is 0.664 e. The van der Waals surface area contributed by atoms with Gasteiger partial charge in [-0.15, -0.1) is 5.56 Å². The van der Waals surface area contributed by atoms with Crippen LogP contribution in [0.2, 0.25) is 0 Å². The average molecular weight is 444 g/mol. The molecule has 0 aliphatic rings. The molecule has 24 heavy (non-hydrogen) atoms. The minimum atomic E-state index is -3.59. The van der Waals surface area contributed by atoms with Gasteiger partial charge < -0.3 is 15.8 Å². The predicted molar refractivity (Wildman–Crippen MR) is 95.4 cm³/mol. The van der Waals surface area contributed by atoms with Crippen molar-refractivity contribution in [3.63, 3.8) is 0 Å². The van der Waals surface area contributed by atoms with E-state index in [0.717, 1.165) is 5.57 Å². The molecule has 0 bridgehead atoms. The zero-order valence-corrected chi connectivity index (χ0v) is 18.8. The Labute approximate surface area is 174 Å². The number of carbonyl (C=O) groups is 1. The molecular formula is C15H21N3O3S2Y+. The van der Waals surface area contributed by atoms with Gasteiger partial charge in [-0.1, -0.05) is 12.5 Å². The van der Waals surface area contributed by atoms with E-state index in [9.17, 15) is 13.2 Å². The molecule has 0 saturated heterocycles. The third-order valence-corrected chi connectivity index (χ3v) is 4.79. The summed E-state index contributed by atoms with van der Waals surface area (Å²) in [5.74, 6) is -0.579. The molecule has 0 fully saturated rings. The third-order valence-electron chi connectivity index (χ3n) is 2.87. The molecule has 1 rings (SSSR count). The van der Waals surface area contributed by atoms with Crippen molar-refractivity contribution < 1.29 is 45.9 Å². The number of sulfonamides is 1. The number of rotatable bonds is 3. The van der Waals surface area contributed by atoms with E-state index in [0.29, 0.717) is 11.1 Å². The second kappa shape index (κ2) is 11.7. The molecule has 0 aliphatic heterocycles. The monoisotopic (exact) mass is 444 g/mol. The maximum Gasteiger partial charge on any atom is 3.00 e. The second-order valence-corrected chi connectivity index (χ2v) is 6.89. The van der Waals surface area contributed by atoms with Gasteiger partial charge in [0.2, 0.25) is 10.0 Å². The van der Waals surface area contributed by atoms with Crippen molar-refractivity contribution in [2.45, 2.75) is 32.6 Å². The van der Waals surface area contributed by atoms with E-state index in [-0.39, 0.29) is 42.7 Å². The Bertz CT molecular complexity index is 712. The van der Waals surface area contributed by atoms with Gasteiger partial charge in [0.05, 0.1) is 5.91 Å². The maximum absolute atomic E-state index is 11.8. The van der Waals surface area contributed by atoms with E-state index in [2.05, 4.69) is 16.1 Å². The maximum atomic E-state index is 11.8. The van der Waals surface area contributed by atoms with Crippen molar-refractivity contribution in [2.24, 2.45) is 0 Å². The van der Waals surface area contributed by atoms with Crippen molar-refractivity contribution in [3.05, 3.63) is 46.7 Å².